The number of nitriles is 1. The molecule has 0 aromatic heterocycles. The van der Waals surface area contributed by atoms with Crippen LogP contribution in [-0.4, -0.2) is 53.0 Å². The molecule has 0 spiro atoms. The number of anilines is 1. The molecule has 1 unspecified atom stereocenters. The van der Waals surface area contributed by atoms with E-state index < -0.39 is 0 Å². The van der Waals surface area contributed by atoms with E-state index in [1.807, 2.05) is 37.3 Å². The molecule has 7 heteroatoms. The van der Waals surface area contributed by atoms with Crippen molar-refractivity contribution in [2.75, 3.05) is 31.5 Å². The van der Waals surface area contributed by atoms with Gasteiger partial charge in [-0.25, -0.2) is 0 Å². The summed E-state index contributed by atoms with van der Waals surface area (Å²) in [5.41, 5.74) is 1.03. The van der Waals surface area contributed by atoms with Crippen LogP contribution < -0.4 is 5.32 Å². The maximum absolute atomic E-state index is 12.7. The van der Waals surface area contributed by atoms with E-state index >= 15 is 0 Å². The van der Waals surface area contributed by atoms with Gasteiger partial charge >= 0.3 is 0 Å². The number of hydrogen-bond acceptors (Lipinski definition) is 5. The van der Waals surface area contributed by atoms with Crippen molar-refractivity contribution < 1.29 is 9.59 Å². The fourth-order valence-electron chi connectivity index (χ4n) is 3.18. The number of carbonyl (C=O) groups excluding carboxylic acids is 2. The van der Waals surface area contributed by atoms with Crippen molar-refractivity contribution in [3.63, 3.8) is 0 Å². The zero-order valence-corrected chi connectivity index (χ0v) is 15.6. The minimum Gasteiger partial charge on any atom is -0.383 e. The minimum atomic E-state index is -0.347. The van der Waals surface area contributed by atoms with Crippen LogP contribution in [0.4, 0.5) is 5.69 Å². The Morgan fingerprint density at radius 3 is 2.62 bits per heavy atom. The lowest BCUT2D eigenvalue weighted by atomic mass is 10.2. The maximum atomic E-state index is 12.7. The third-order valence-corrected chi connectivity index (χ3v) is 5.86. The zero-order valence-electron chi connectivity index (χ0n) is 14.8. The summed E-state index contributed by atoms with van der Waals surface area (Å²) in [5.74, 6) is -0.312. The molecule has 2 amide bonds. The number of carbonyl (C=O) groups is 2. The van der Waals surface area contributed by atoms with Gasteiger partial charge < -0.3 is 15.1 Å². The Balaban J connectivity index is 1.78. The molecule has 1 N–H and O–H groups in total. The van der Waals surface area contributed by atoms with Gasteiger partial charge in [0.25, 0.3) is 5.91 Å². The van der Waals surface area contributed by atoms with Gasteiger partial charge in [0.15, 0.2) is 0 Å². The minimum absolute atomic E-state index is 0.0575. The molecule has 2 saturated heterocycles. The lowest BCUT2D eigenvalue weighted by molar-refractivity contribution is -0.127. The second-order valence-corrected chi connectivity index (χ2v) is 7.42. The molecule has 1 atom stereocenters. The van der Waals surface area contributed by atoms with Crippen LogP contribution in [0.5, 0.6) is 0 Å². The van der Waals surface area contributed by atoms with Gasteiger partial charge in [-0.3, -0.25) is 9.59 Å². The number of nitrogens with zero attached hydrogens (tertiary/aromatic N) is 3. The van der Waals surface area contributed by atoms with Crippen molar-refractivity contribution in [3.8, 4) is 6.07 Å². The molecule has 3 rings (SSSR count). The van der Waals surface area contributed by atoms with E-state index in [1.165, 1.54) is 11.8 Å². The van der Waals surface area contributed by atoms with Crippen LogP contribution in [0.15, 0.2) is 40.9 Å². The highest BCUT2D eigenvalue weighted by molar-refractivity contribution is 8.04. The summed E-state index contributed by atoms with van der Waals surface area (Å²) in [6.07, 6.45) is 1.93. The number of nitrogens with one attached hydrogen (secondary N) is 1. The Kier molecular flexibility index (Phi) is 5.84. The second kappa shape index (κ2) is 8.28. The Morgan fingerprint density at radius 2 is 2.00 bits per heavy atom. The van der Waals surface area contributed by atoms with Crippen molar-refractivity contribution >= 4 is 29.3 Å². The fraction of sp³-hybridized carbons (Fsp3) is 0.421. The van der Waals surface area contributed by atoms with Crippen LogP contribution in [0.1, 0.15) is 19.8 Å². The van der Waals surface area contributed by atoms with Crippen LogP contribution in [-0.2, 0) is 9.59 Å². The predicted octanol–water partition coefficient (Wildman–Crippen LogP) is 2.42. The molecule has 0 bridgehead atoms. The van der Waals surface area contributed by atoms with E-state index in [0.29, 0.717) is 31.2 Å². The Morgan fingerprint density at radius 1 is 1.31 bits per heavy atom. The summed E-state index contributed by atoms with van der Waals surface area (Å²) < 4.78 is 0. The van der Waals surface area contributed by atoms with Gasteiger partial charge in [0, 0.05) is 31.9 Å². The molecule has 2 heterocycles. The first-order valence-electron chi connectivity index (χ1n) is 8.86. The monoisotopic (exact) mass is 370 g/mol. The van der Waals surface area contributed by atoms with Crippen molar-refractivity contribution in [2.24, 2.45) is 0 Å². The van der Waals surface area contributed by atoms with Gasteiger partial charge in [-0.1, -0.05) is 30.0 Å². The first-order valence-corrected chi connectivity index (χ1v) is 9.74. The molecular weight excluding hydrogens is 348 g/mol. The van der Waals surface area contributed by atoms with Crippen molar-refractivity contribution in [1.82, 2.24) is 9.80 Å². The van der Waals surface area contributed by atoms with E-state index in [2.05, 4.69) is 11.4 Å². The van der Waals surface area contributed by atoms with E-state index in [0.717, 1.165) is 18.5 Å². The summed E-state index contributed by atoms with van der Waals surface area (Å²) in [6.45, 7) is 4.12. The lowest BCUT2D eigenvalue weighted by Crippen LogP contribution is -2.34. The van der Waals surface area contributed by atoms with Crippen LogP contribution in [0.3, 0.4) is 0 Å². The van der Waals surface area contributed by atoms with Gasteiger partial charge in [0.1, 0.15) is 21.9 Å². The molecule has 136 valence electrons. The van der Waals surface area contributed by atoms with Crippen LogP contribution in [0, 0.1) is 11.3 Å². The smallest absolute Gasteiger partial charge is 0.267 e. The quantitative estimate of drug-likeness (QED) is 0.636. The molecule has 0 aliphatic carbocycles. The summed E-state index contributed by atoms with van der Waals surface area (Å²) in [6, 6.07) is 11.7. The van der Waals surface area contributed by atoms with E-state index in [1.54, 1.807) is 9.80 Å². The standard InChI is InChI=1S/C19H22N4O2S/c1-2-23-18(25)16(13-21-14-8-4-3-5-9-14)26-19(23)15(12-20)17(24)22-10-6-7-11-22/h3-5,8-9,16,21H,2,6-7,10-11,13H2,1H3/b19-15-. The van der Waals surface area contributed by atoms with E-state index in [4.69, 9.17) is 0 Å². The Labute approximate surface area is 157 Å². The first kappa shape index (κ1) is 18.3. The predicted molar refractivity (Wildman–Crippen MR) is 102 cm³/mol. The number of thioether (sulfide) groups is 1. The van der Waals surface area contributed by atoms with Crippen LogP contribution in [0.25, 0.3) is 0 Å². The summed E-state index contributed by atoms with van der Waals surface area (Å²) in [7, 11) is 0. The molecule has 26 heavy (non-hydrogen) atoms. The molecule has 2 aliphatic heterocycles. The highest BCUT2D eigenvalue weighted by Crippen LogP contribution is 2.37. The Bertz CT molecular complexity index is 751. The molecule has 2 fully saturated rings. The number of benzene rings is 1. The van der Waals surface area contributed by atoms with Gasteiger partial charge in [-0.05, 0) is 31.9 Å². The van der Waals surface area contributed by atoms with Crippen molar-refractivity contribution in [2.45, 2.75) is 25.0 Å². The number of para-hydroxylation sites is 1. The topological polar surface area (TPSA) is 76.4 Å². The van der Waals surface area contributed by atoms with Gasteiger partial charge in [-0.2, -0.15) is 5.26 Å². The molecule has 6 nitrogen and oxygen atoms in total. The maximum Gasteiger partial charge on any atom is 0.267 e. The average molecular weight is 370 g/mol. The van der Waals surface area contributed by atoms with Gasteiger partial charge in [0.05, 0.1) is 0 Å². The van der Waals surface area contributed by atoms with E-state index in [9.17, 15) is 14.9 Å². The number of amides is 2. The molecule has 0 radical (unpaired) electrons. The Hall–Kier alpha value is -2.46. The third kappa shape index (κ3) is 3.70. The number of rotatable bonds is 5. The van der Waals surface area contributed by atoms with Crippen molar-refractivity contribution in [3.05, 3.63) is 40.9 Å². The van der Waals surface area contributed by atoms with Gasteiger partial charge in [0.2, 0.25) is 5.91 Å². The highest BCUT2D eigenvalue weighted by atomic mass is 32.2. The van der Waals surface area contributed by atoms with Crippen LogP contribution in [0.2, 0.25) is 0 Å². The normalized spacial score (nSPS) is 21.7. The third-order valence-electron chi connectivity index (χ3n) is 4.55. The lowest BCUT2D eigenvalue weighted by Gasteiger charge is -2.19. The SMILES string of the molecule is CCN1C(=O)C(CNc2ccccc2)S/C1=C(/C#N)C(=O)N1CCCC1. The average Bonchev–Trinajstić information content (AvgIpc) is 3.30. The molecule has 1 aromatic rings. The summed E-state index contributed by atoms with van der Waals surface area (Å²) in [4.78, 5) is 28.7. The summed E-state index contributed by atoms with van der Waals surface area (Å²) >= 11 is 1.31. The summed E-state index contributed by atoms with van der Waals surface area (Å²) in [5, 5.41) is 13.0. The number of likely N-dealkylation sites (tertiary alicyclic amines) is 1. The molecule has 0 saturated carbocycles. The van der Waals surface area contributed by atoms with Crippen LogP contribution >= 0.6 is 11.8 Å². The molecule has 1 aromatic carbocycles. The molecular formula is C19H22N4O2S. The zero-order chi connectivity index (χ0) is 18.5. The van der Waals surface area contributed by atoms with Gasteiger partial charge in [-0.15, -0.1) is 0 Å². The fourth-order valence-corrected chi connectivity index (χ4v) is 4.44. The second-order valence-electron chi connectivity index (χ2n) is 6.23. The highest BCUT2D eigenvalue weighted by Gasteiger charge is 2.39. The molecule has 2 aliphatic rings. The first-order chi connectivity index (χ1) is 12.7. The van der Waals surface area contributed by atoms with E-state index in [-0.39, 0.29) is 22.6 Å². The largest absolute Gasteiger partial charge is 0.383 e. The number of hydrogen-bond donors (Lipinski definition) is 1. The van der Waals surface area contributed by atoms with Crippen molar-refractivity contribution in [1.29, 1.82) is 5.26 Å².